The Hall–Kier alpha value is -1.94. The molecule has 0 fully saturated rings. The van der Waals surface area contributed by atoms with Gasteiger partial charge in [0, 0.05) is 25.7 Å². The van der Waals surface area contributed by atoms with Crippen molar-refractivity contribution < 1.29 is 80.2 Å². The van der Waals surface area contributed by atoms with Gasteiger partial charge in [-0.2, -0.15) is 0 Å². The van der Waals surface area contributed by atoms with E-state index in [2.05, 4.69) is 41.5 Å². The van der Waals surface area contributed by atoms with E-state index in [-0.39, 0.29) is 25.7 Å². The quantitative estimate of drug-likeness (QED) is 0.0222. The van der Waals surface area contributed by atoms with Crippen LogP contribution in [-0.4, -0.2) is 96.7 Å². The first-order chi connectivity index (χ1) is 47.9. The molecule has 588 valence electrons. The van der Waals surface area contributed by atoms with Crippen molar-refractivity contribution in [1.29, 1.82) is 0 Å². The number of hydrogen-bond acceptors (Lipinski definition) is 15. The van der Waals surface area contributed by atoms with Crippen molar-refractivity contribution in [2.45, 2.75) is 439 Å². The smallest absolute Gasteiger partial charge is 0.462 e. The van der Waals surface area contributed by atoms with Crippen LogP contribution in [0.2, 0.25) is 0 Å². The van der Waals surface area contributed by atoms with Gasteiger partial charge in [0.15, 0.2) is 12.2 Å². The maximum Gasteiger partial charge on any atom is 0.472 e. The molecule has 0 radical (unpaired) electrons. The molecule has 7 atom stereocenters. The number of ether oxygens (including phenoxy) is 4. The molecule has 0 aromatic rings. The number of hydrogen-bond donors (Lipinski definition) is 3. The Bertz CT molecular complexity index is 1910. The number of phosphoric ester groups is 2. The van der Waals surface area contributed by atoms with Gasteiger partial charge in [-0.25, -0.2) is 9.13 Å². The molecule has 0 saturated heterocycles. The minimum Gasteiger partial charge on any atom is -0.462 e. The molecular formula is C80H156O17P2. The Labute approximate surface area is 607 Å². The summed E-state index contributed by atoms with van der Waals surface area (Å²) in [4.78, 5) is 72.9. The van der Waals surface area contributed by atoms with Gasteiger partial charge in [-0.1, -0.05) is 369 Å². The molecular weight excluding hydrogens is 1290 g/mol. The summed E-state index contributed by atoms with van der Waals surface area (Å²) in [7, 11) is -9.92. The predicted octanol–water partition coefficient (Wildman–Crippen LogP) is 23.9. The van der Waals surface area contributed by atoms with E-state index in [1.54, 1.807) is 0 Å². The number of carbonyl (C=O) groups is 4. The number of esters is 4. The van der Waals surface area contributed by atoms with E-state index in [1.165, 1.54) is 238 Å². The van der Waals surface area contributed by atoms with Crippen LogP contribution in [0.1, 0.15) is 420 Å². The van der Waals surface area contributed by atoms with Gasteiger partial charge in [0.1, 0.15) is 19.3 Å². The van der Waals surface area contributed by atoms with E-state index in [1.807, 2.05) is 0 Å². The van der Waals surface area contributed by atoms with Gasteiger partial charge in [-0.3, -0.25) is 37.3 Å². The largest absolute Gasteiger partial charge is 0.472 e. The van der Waals surface area contributed by atoms with Crippen LogP contribution < -0.4 is 0 Å². The fraction of sp³-hybridized carbons (Fsp3) is 0.950. The van der Waals surface area contributed by atoms with E-state index >= 15 is 0 Å². The van der Waals surface area contributed by atoms with Crippen molar-refractivity contribution >= 4 is 39.5 Å². The number of carbonyl (C=O) groups excluding carboxylic acids is 4. The van der Waals surface area contributed by atoms with Crippen LogP contribution in [0.4, 0.5) is 0 Å². The number of unbranched alkanes of at least 4 members (excludes halogenated alkanes) is 47. The van der Waals surface area contributed by atoms with E-state index in [0.717, 1.165) is 102 Å². The van der Waals surface area contributed by atoms with Crippen molar-refractivity contribution in [2.24, 2.45) is 11.8 Å². The second-order valence-corrected chi connectivity index (χ2v) is 32.2. The molecule has 0 aliphatic carbocycles. The highest BCUT2D eigenvalue weighted by Crippen LogP contribution is 2.45. The van der Waals surface area contributed by atoms with Crippen LogP contribution in [0.15, 0.2) is 0 Å². The summed E-state index contributed by atoms with van der Waals surface area (Å²) in [5.41, 5.74) is 0. The summed E-state index contributed by atoms with van der Waals surface area (Å²) in [6.07, 6.45) is 61.0. The Kier molecular flexibility index (Phi) is 70.3. The molecule has 0 rings (SSSR count). The first-order valence-electron chi connectivity index (χ1n) is 41.6. The van der Waals surface area contributed by atoms with Crippen molar-refractivity contribution in [3.63, 3.8) is 0 Å². The van der Waals surface area contributed by atoms with Gasteiger partial charge in [0.25, 0.3) is 0 Å². The zero-order valence-electron chi connectivity index (χ0n) is 64.8. The van der Waals surface area contributed by atoms with Crippen LogP contribution in [0, 0.1) is 11.8 Å². The molecule has 0 bridgehead atoms. The van der Waals surface area contributed by atoms with E-state index in [4.69, 9.17) is 37.0 Å². The first kappa shape index (κ1) is 97.1. The molecule has 0 aliphatic heterocycles. The van der Waals surface area contributed by atoms with Gasteiger partial charge >= 0.3 is 39.5 Å². The Morgan fingerprint density at radius 2 is 0.485 bits per heavy atom. The second-order valence-electron chi connectivity index (χ2n) is 29.3. The highest BCUT2D eigenvalue weighted by atomic mass is 31.2. The third-order valence-corrected chi connectivity index (χ3v) is 21.3. The van der Waals surface area contributed by atoms with E-state index < -0.39 is 97.5 Å². The van der Waals surface area contributed by atoms with Gasteiger partial charge in [-0.15, -0.1) is 0 Å². The summed E-state index contributed by atoms with van der Waals surface area (Å²) >= 11 is 0. The van der Waals surface area contributed by atoms with Crippen molar-refractivity contribution in [3.8, 4) is 0 Å². The Morgan fingerprint density at radius 3 is 0.717 bits per heavy atom. The summed E-state index contributed by atoms with van der Waals surface area (Å²) < 4.78 is 68.6. The molecule has 17 nitrogen and oxygen atoms in total. The van der Waals surface area contributed by atoms with Crippen LogP contribution in [0.5, 0.6) is 0 Å². The summed E-state index contributed by atoms with van der Waals surface area (Å²) in [6.45, 7) is 9.66. The standard InChI is InChI=1S/C80H156O17P2/c1-7-11-13-15-17-19-20-21-22-23-24-25-26-27-32-35-39-46-52-58-64-79(84)96-75(69-91-78(83)63-57-51-45-38-34-31-29-28-30-33-37-42-48-54-60-72(5)9-3)70-94-98(86,87)92-66-74(81)67-93-99(88,89)95-71-76(68-90-77(82)62-56-50-44-36-18-16-14-12-8-2)97-80(85)65-59-53-47-41-40-43-49-55-61-73(6)10-4/h72-76,81H,7-71H2,1-6H3,(H,86,87)(H,88,89)/t72?,73?,74-,75-,76-/m1/s1. The van der Waals surface area contributed by atoms with Crippen molar-refractivity contribution in [3.05, 3.63) is 0 Å². The molecule has 0 saturated carbocycles. The Balaban J connectivity index is 5.21. The molecule has 3 N–H and O–H groups in total. The monoisotopic (exact) mass is 1450 g/mol. The lowest BCUT2D eigenvalue weighted by Gasteiger charge is -2.21. The zero-order valence-corrected chi connectivity index (χ0v) is 66.6. The molecule has 19 heteroatoms. The second kappa shape index (κ2) is 71.7. The molecule has 0 aromatic heterocycles. The third-order valence-electron chi connectivity index (χ3n) is 19.4. The topological polar surface area (TPSA) is 237 Å². The van der Waals surface area contributed by atoms with Gasteiger partial charge in [0.2, 0.25) is 0 Å². The molecule has 99 heavy (non-hydrogen) atoms. The molecule has 0 aliphatic rings. The normalized spacial score (nSPS) is 14.5. The van der Waals surface area contributed by atoms with Crippen LogP contribution in [-0.2, 0) is 65.4 Å². The minimum atomic E-state index is -4.96. The average molecular weight is 1450 g/mol. The fourth-order valence-corrected chi connectivity index (χ4v) is 13.9. The van der Waals surface area contributed by atoms with Crippen LogP contribution in [0.3, 0.4) is 0 Å². The SMILES string of the molecule is CCCCCCCCCCCCCCCCCCCCCCC(=O)O[C@H](COC(=O)CCCCCCCCCCCCCCCCC(C)CC)COP(=O)(O)OC[C@@H](O)COP(=O)(O)OC[C@@H](COC(=O)CCCCCCCCCCC)OC(=O)CCCCCCCCCCC(C)CC. The van der Waals surface area contributed by atoms with E-state index in [9.17, 15) is 43.2 Å². The fourth-order valence-electron chi connectivity index (χ4n) is 12.3. The van der Waals surface area contributed by atoms with Crippen molar-refractivity contribution in [1.82, 2.24) is 0 Å². The number of aliphatic hydroxyl groups excluding tert-OH is 1. The Morgan fingerprint density at radius 1 is 0.283 bits per heavy atom. The lowest BCUT2D eigenvalue weighted by molar-refractivity contribution is -0.161. The van der Waals surface area contributed by atoms with Gasteiger partial charge in [0.05, 0.1) is 26.4 Å². The van der Waals surface area contributed by atoms with E-state index in [0.29, 0.717) is 25.7 Å². The maximum atomic E-state index is 13.1. The summed E-state index contributed by atoms with van der Waals surface area (Å²) in [5.74, 6) is -0.493. The molecule has 0 spiro atoms. The number of phosphoric acid groups is 2. The first-order valence-corrected chi connectivity index (χ1v) is 44.6. The lowest BCUT2D eigenvalue weighted by atomic mass is 9.99. The minimum absolute atomic E-state index is 0.105. The molecule has 4 unspecified atom stereocenters. The van der Waals surface area contributed by atoms with Crippen LogP contribution in [0.25, 0.3) is 0 Å². The average Bonchev–Trinajstić information content (AvgIpc) is 1.07. The number of aliphatic hydroxyl groups is 1. The van der Waals surface area contributed by atoms with Gasteiger partial charge < -0.3 is 33.8 Å². The highest BCUT2D eigenvalue weighted by Gasteiger charge is 2.30. The summed E-state index contributed by atoms with van der Waals surface area (Å²) in [6, 6.07) is 0. The summed E-state index contributed by atoms with van der Waals surface area (Å²) in [5, 5.41) is 10.6. The van der Waals surface area contributed by atoms with Gasteiger partial charge in [-0.05, 0) is 37.5 Å². The predicted molar refractivity (Wildman–Crippen MR) is 405 cm³/mol. The molecule has 0 aromatic carbocycles. The third kappa shape index (κ3) is 71.5. The number of rotatable bonds is 79. The molecule has 0 amide bonds. The lowest BCUT2D eigenvalue weighted by Crippen LogP contribution is -2.30. The zero-order chi connectivity index (χ0) is 72.8. The molecule has 0 heterocycles. The highest BCUT2D eigenvalue weighted by molar-refractivity contribution is 7.47. The van der Waals surface area contributed by atoms with Crippen molar-refractivity contribution in [2.75, 3.05) is 39.6 Å². The maximum absolute atomic E-state index is 13.1. The van der Waals surface area contributed by atoms with Crippen LogP contribution >= 0.6 is 15.6 Å².